The molecule has 2 aliphatic heterocycles. The summed E-state index contributed by atoms with van der Waals surface area (Å²) in [6.45, 7) is 11.2. The molecule has 7 heteroatoms. The van der Waals surface area contributed by atoms with Gasteiger partial charge in [0, 0.05) is 44.1 Å². The number of ether oxygens (including phenoxy) is 1. The molecule has 2 aliphatic rings. The lowest BCUT2D eigenvalue weighted by atomic mass is 9.95. The summed E-state index contributed by atoms with van der Waals surface area (Å²) in [5.41, 5.74) is 3.24. The first-order valence-electron chi connectivity index (χ1n) is 13.9. The molecule has 200 valence electrons. The van der Waals surface area contributed by atoms with E-state index in [4.69, 9.17) is 4.74 Å². The van der Waals surface area contributed by atoms with Crippen LogP contribution >= 0.6 is 0 Å². The van der Waals surface area contributed by atoms with Gasteiger partial charge in [0.2, 0.25) is 5.91 Å². The summed E-state index contributed by atoms with van der Waals surface area (Å²) in [5, 5.41) is 6.21. The van der Waals surface area contributed by atoms with Gasteiger partial charge in [0.05, 0.1) is 24.7 Å². The summed E-state index contributed by atoms with van der Waals surface area (Å²) in [7, 11) is 0. The number of morpholine rings is 1. The Morgan fingerprint density at radius 2 is 1.76 bits per heavy atom. The monoisotopic (exact) mass is 506 g/mol. The van der Waals surface area contributed by atoms with Crippen LogP contribution in [-0.2, 0) is 9.53 Å². The van der Waals surface area contributed by atoms with Crippen LogP contribution < -0.4 is 15.5 Å². The fourth-order valence-corrected chi connectivity index (χ4v) is 5.23. The van der Waals surface area contributed by atoms with E-state index in [0.717, 1.165) is 76.5 Å². The molecular weight excluding hydrogens is 464 g/mol. The van der Waals surface area contributed by atoms with Crippen molar-refractivity contribution < 1.29 is 14.3 Å². The van der Waals surface area contributed by atoms with Crippen molar-refractivity contribution in [3.63, 3.8) is 0 Å². The molecule has 37 heavy (non-hydrogen) atoms. The SMILES string of the molecule is CCC(C(=O)Nc1ccc(N2CCC(C)CC2)c(C(=O)NCCCN2CCOCC2)c1)c1ccccc1. The summed E-state index contributed by atoms with van der Waals surface area (Å²) in [4.78, 5) is 31.3. The van der Waals surface area contributed by atoms with Gasteiger partial charge < -0.3 is 20.3 Å². The molecule has 0 aliphatic carbocycles. The van der Waals surface area contributed by atoms with E-state index in [1.54, 1.807) is 0 Å². The third-order valence-electron chi connectivity index (χ3n) is 7.60. The zero-order chi connectivity index (χ0) is 26.0. The van der Waals surface area contributed by atoms with Crippen molar-refractivity contribution in [2.24, 2.45) is 5.92 Å². The van der Waals surface area contributed by atoms with E-state index in [1.807, 2.05) is 55.5 Å². The number of piperidine rings is 1. The first-order valence-corrected chi connectivity index (χ1v) is 13.9. The lowest BCUT2D eigenvalue weighted by molar-refractivity contribution is -0.117. The van der Waals surface area contributed by atoms with Crippen LogP contribution in [0, 0.1) is 5.92 Å². The number of benzene rings is 2. The summed E-state index contributed by atoms with van der Waals surface area (Å²) in [6.07, 6.45) is 3.84. The molecule has 2 saturated heterocycles. The van der Waals surface area contributed by atoms with Gasteiger partial charge in [-0.15, -0.1) is 0 Å². The van der Waals surface area contributed by atoms with Gasteiger partial charge in [-0.1, -0.05) is 44.2 Å². The maximum Gasteiger partial charge on any atom is 0.253 e. The van der Waals surface area contributed by atoms with Crippen molar-refractivity contribution in [1.29, 1.82) is 0 Å². The van der Waals surface area contributed by atoms with Crippen molar-refractivity contribution in [3.8, 4) is 0 Å². The second-order valence-corrected chi connectivity index (χ2v) is 10.3. The van der Waals surface area contributed by atoms with Gasteiger partial charge in [0.15, 0.2) is 0 Å². The average Bonchev–Trinajstić information content (AvgIpc) is 2.93. The first-order chi connectivity index (χ1) is 18.0. The van der Waals surface area contributed by atoms with Crippen molar-refractivity contribution in [1.82, 2.24) is 10.2 Å². The fraction of sp³-hybridized carbons (Fsp3) is 0.533. The molecule has 0 spiro atoms. The predicted octanol–water partition coefficient (Wildman–Crippen LogP) is 4.51. The summed E-state index contributed by atoms with van der Waals surface area (Å²) in [6, 6.07) is 15.6. The normalized spacial score (nSPS) is 17.8. The molecule has 2 aromatic carbocycles. The van der Waals surface area contributed by atoms with Gasteiger partial charge in [-0.3, -0.25) is 14.5 Å². The standard InChI is InChI=1S/C30H42N4O3/c1-3-26(24-8-5-4-6-9-24)30(36)32-25-10-11-28(34-16-12-23(2)13-17-34)27(22-25)29(35)31-14-7-15-33-18-20-37-21-19-33/h4-6,8-11,22-23,26H,3,7,12-21H2,1-2H3,(H,31,35)(H,32,36). The van der Waals surface area contributed by atoms with E-state index in [9.17, 15) is 9.59 Å². The molecule has 1 unspecified atom stereocenters. The fourth-order valence-electron chi connectivity index (χ4n) is 5.23. The minimum absolute atomic E-state index is 0.0508. The Morgan fingerprint density at radius 1 is 1.03 bits per heavy atom. The molecule has 0 saturated carbocycles. The molecule has 0 aromatic heterocycles. The van der Waals surface area contributed by atoms with Gasteiger partial charge >= 0.3 is 0 Å². The number of hydrogen-bond donors (Lipinski definition) is 2. The highest BCUT2D eigenvalue weighted by Gasteiger charge is 2.23. The molecule has 0 radical (unpaired) electrons. The van der Waals surface area contributed by atoms with Crippen molar-refractivity contribution in [3.05, 3.63) is 59.7 Å². The predicted molar refractivity (Wildman–Crippen MR) is 149 cm³/mol. The maximum absolute atomic E-state index is 13.4. The molecule has 1 atom stereocenters. The quantitative estimate of drug-likeness (QED) is 0.464. The van der Waals surface area contributed by atoms with Crippen molar-refractivity contribution in [2.75, 3.05) is 62.7 Å². The van der Waals surface area contributed by atoms with Crippen LogP contribution in [0.25, 0.3) is 0 Å². The first kappa shape index (κ1) is 27.1. The molecule has 2 aromatic rings. The Morgan fingerprint density at radius 3 is 2.46 bits per heavy atom. The number of amides is 2. The van der Waals surface area contributed by atoms with Crippen molar-refractivity contribution in [2.45, 2.75) is 45.4 Å². The molecule has 0 bridgehead atoms. The van der Waals surface area contributed by atoms with Crippen LogP contribution in [0.1, 0.15) is 61.4 Å². The lowest BCUT2D eigenvalue weighted by Gasteiger charge is -2.33. The second kappa shape index (κ2) is 13.6. The van der Waals surface area contributed by atoms with E-state index in [2.05, 4.69) is 27.4 Å². The number of anilines is 2. The van der Waals surface area contributed by atoms with Gasteiger partial charge in [-0.05, 0) is 61.9 Å². The van der Waals surface area contributed by atoms with Crippen LogP contribution in [0.4, 0.5) is 11.4 Å². The minimum Gasteiger partial charge on any atom is -0.379 e. The number of carbonyl (C=O) groups excluding carboxylic acids is 2. The van der Waals surface area contributed by atoms with Crippen LogP contribution in [0.5, 0.6) is 0 Å². The largest absolute Gasteiger partial charge is 0.379 e. The number of rotatable bonds is 10. The highest BCUT2D eigenvalue weighted by molar-refractivity contribution is 6.02. The van der Waals surface area contributed by atoms with E-state index in [1.165, 1.54) is 0 Å². The highest BCUT2D eigenvalue weighted by Crippen LogP contribution is 2.30. The summed E-state index contributed by atoms with van der Waals surface area (Å²) in [5.74, 6) is 0.338. The number of carbonyl (C=O) groups is 2. The van der Waals surface area contributed by atoms with E-state index in [0.29, 0.717) is 30.1 Å². The number of hydrogen-bond acceptors (Lipinski definition) is 5. The molecule has 2 heterocycles. The molecule has 2 amide bonds. The Balaban J connectivity index is 1.45. The number of nitrogens with zero attached hydrogens (tertiary/aromatic N) is 2. The Kier molecular flexibility index (Phi) is 9.97. The smallest absolute Gasteiger partial charge is 0.253 e. The molecule has 7 nitrogen and oxygen atoms in total. The van der Waals surface area contributed by atoms with E-state index < -0.39 is 0 Å². The van der Waals surface area contributed by atoms with Crippen molar-refractivity contribution >= 4 is 23.2 Å². The number of nitrogens with one attached hydrogen (secondary N) is 2. The zero-order valence-electron chi connectivity index (χ0n) is 22.4. The third kappa shape index (κ3) is 7.55. The van der Waals surface area contributed by atoms with Gasteiger partial charge in [-0.2, -0.15) is 0 Å². The van der Waals surface area contributed by atoms with Gasteiger partial charge in [0.25, 0.3) is 5.91 Å². The van der Waals surface area contributed by atoms with Crippen LogP contribution in [-0.4, -0.2) is 69.2 Å². The maximum atomic E-state index is 13.4. The molecule has 4 rings (SSSR count). The molecule has 2 N–H and O–H groups in total. The zero-order valence-corrected chi connectivity index (χ0v) is 22.4. The lowest BCUT2D eigenvalue weighted by Crippen LogP contribution is -2.38. The Hall–Kier alpha value is -2.90. The molecular formula is C30H42N4O3. The molecule has 2 fully saturated rings. The Labute approximate surface area is 221 Å². The third-order valence-corrected chi connectivity index (χ3v) is 7.60. The Bertz CT molecular complexity index is 1010. The summed E-state index contributed by atoms with van der Waals surface area (Å²) >= 11 is 0. The highest BCUT2D eigenvalue weighted by atomic mass is 16.5. The minimum atomic E-state index is -0.234. The van der Waals surface area contributed by atoms with Gasteiger partial charge in [0.1, 0.15) is 0 Å². The second-order valence-electron chi connectivity index (χ2n) is 10.3. The van der Waals surface area contributed by atoms with Gasteiger partial charge in [-0.25, -0.2) is 0 Å². The van der Waals surface area contributed by atoms with Crippen LogP contribution in [0.3, 0.4) is 0 Å². The summed E-state index contributed by atoms with van der Waals surface area (Å²) < 4.78 is 5.42. The average molecular weight is 507 g/mol. The van der Waals surface area contributed by atoms with E-state index >= 15 is 0 Å². The van der Waals surface area contributed by atoms with Crippen LogP contribution in [0.2, 0.25) is 0 Å². The van der Waals surface area contributed by atoms with E-state index in [-0.39, 0.29) is 17.7 Å². The topological polar surface area (TPSA) is 73.9 Å². The van der Waals surface area contributed by atoms with Crippen LogP contribution in [0.15, 0.2) is 48.5 Å².